The predicted octanol–water partition coefficient (Wildman–Crippen LogP) is 4.49. The number of benzene rings is 2. The third-order valence-electron chi connectivity index (χ3n) is 3.51. The first kappa shape index (κ1) is 17.3. The van der Waals surface area contributed by atoms with Crippen LogP contribution in [0.5, 0.6) is 0 Å². The summed E-state index contributed by atoms with van der Waals surface area (Å²) >= 11 is 5.86. The lowest BCUT2D eigenvalue weighted by atomic mass is 10.2. The molecule has 0 radical (unpaired) electrons. The van der Waals surface area contributed by atoms with Crippen LogP contribution < -0.4 is 10.0 Å². The van der Waals surface area contributed by atoms with Gasteiger partial charge in [0.05, 0.1) is 0 Å². The maximum absolute atomic E-state index is 12.5. The molecule has 2 aromatic carbocycles. The SMILES string of the molecule is Cc1noc(C)c1S(=O)(=O)Nc1ccc(Nc2ccc(Cl)cc2)cc1. The molecule has 8 heteroatoms. The first-order chi connectivity index (χ1) is 11.8. The summed E-state index contributed by atoms with van der Waals surface area (Å²) in [7, 11) is -3.75. The Morgan fingerprint density at radius 3 is 1.96 bits per heavy atom. The molecule has 0 aliphatic carbocycles. The predicted molar refractivity (Wildman–Crippen MR) is 98.0 cm³/mol. The molecule has 0 amide bonds. The molecule has 3 rings (SSSR count). The molecule has 2 N–H and O–H groups in total. The fourth-order valence-electron chi connectivity index (χ4n) is 2.39. The highest BCUT2D eigenvalue weighted by Crippen LogP contribution is 2.24. The van der Waals surface area contributed by atoms with Crippen LogP contribution in [-0.2, 0) is 10.0 Å². The fraction of sp³-hybridized carbons (Fsp3) is 0.118. The van der Waals surface area contributed by atoms with Gasteiger partial charge in [0.25, 0.3) is 10.0 Å². The lowest BCUT2D eigenvalue weighted by Crippen LogP contribution is -2.14. The second-order valence-electron chi connectivity index (χ2n) is 5.47. The molecule has 0 aliphatic heterocycles. The number of hydrogen-bond donors (Lipinski definition) is 2. The van der Waals surface area contributed by atoms with Crippen molar-refractivity contribution in [3.05, 3.63) is 65.0 Å². The summed E-state index contributed by atoms with van der Waals surface area (Å²) in [4.78, 5) is 0.0656. The van der Waals surface area contributed by atoms with Crippen molar-refractivity contribution in [3.63, 3.8) is 0 Å². The Bertz CT molecular complexity index is 961. The highest BCUT2D eigenvalue weighted by molar-refractivity contribution is 7.92. The van der Waals surface area contributed by atoms with Gasteiger partial charge < -0.3 is 9.84 Å². The Hall–Kier alpha value is -2.51. The van der Waals surface area contributed by atoms with Gasteiger partial charge in [0.15, 0.2) is 10.7 Å². The van der Waals surface area contributed by atoms with Crippen LogP contribution in [-0.4, -0.2) is 13.6 Å². The van der Waals surface area contributed by atoms with Gasteiger partial charge in [0, 0.05) is 22.1 Å². The Morgan fingerprint density at radius 2 is 1.44 bits per heavy atom. The van der Waals surface area contributed by atoms with Crippen molar-refractivity contribution in [2.75, 3.05) is 10.0 Å². The second kappa shape index (κ2) is 6.78. The number of hydrogen-bond acceptors (Lipinski definition) is 5. The molecule has 0 aliphatic rings. The van der Waals surface area contributed by atoms with Crippen molar-refractivity contribution in [1.82, 2.24) is 5.16 Å². The van der Waals surface area contributed by atoms with Crippen LogP contribution in [0.15, 0.2) is 57.9 Å². The van der Waals surface area contributed by atoms with Gasteiger partial charge in [-0.2, -0.15) is 0 Å². The summed E-state index contributed by atoms with van der Waals surface area (Å²) in [5.74, 6) is 0.256. The van der Waals surface area contributed by atoms with Crippen LogP contribution in [0, 0.1) is 13.8 Å². The number of halogens is 1. The summed E-state index contributed by atoms with van der Waals surface area (Å²) < 4.78 is 32.4. The van der Waals surface area contributed by atoms with Crippen LogP contribution >= 0.6 is 11.6 Å². The largest absolute Gasteiger partial charge is 0.360 e. The summed E-state index contributed by atoms with van der Waals surface area (Å²) in [5, 5.41) is 7.55. The molecule has 0 atom stereocenters. The zero-order chi connectivity index (χ0) is 18.0. The minimum atomic E-state index is -3.75. The highest BCUT2D eigenvalue weighted by Gasteiger charge is 2.24. The van der Waals surface area contributed by atoms with E-state index in [0.29, 0.717) is 16.4 Å². The zero-order valence-electron chi connectivity index (χ0n) is 13.6. The lowest BCUT2D eigenvalue weighted by Gasteiger charge is -2.10. The van der Waals surface area contributed by atoms with E-state index in [1.54, 1.807) is 50.2 Å². The third kappa shape index (κ3) is 3.94. The molecule has 0 saturated carbocycles. The van der Waals surface area contributed by atoms with Crippen LogP contribution in [0.4, 0.5) is 17.1 Å². The number of aromatic nitrogens is 1. The van der Waals surface area contributed by atoms with E-state index in [1.807, 2.05) is 12.1 Å². The molecule has 1 heterocycles. The maximum atomic E-state index is 12.5. The van der Waals surface area contributed by atoms with Crippen molar-refractivity contribution in [2.24, 2.45) is 0 Å². The van der Waals surface area contributed by atoms with E-state index in [0.717, 1.165) is 11.4 Å². The first-order valence-corrected chi connectivity index (χ1v) is 9.29. The average molecular weight is 378 g/mol. The number of sulfonamides is 1. The Kier molecular flexibility index (Phi) is 4.69. The van der Waals surface area contributed by atoms with Crippen molar-refractivity contribution in [3.8, 4) is 0 Å². The number of rotatable bonds is 5. The van der Waals surface area contributed by atoms with E-state index >= 15 is 0 Å². The number of anilines is 3. The molecule has 0 spiro atoms. The topological polar surface area (TPSA) is 84.2 Å². The van der Waals surface area contributed by atoms with Gasteiger partial charge in [0.1, 0.15) is 5.69 Å². The van der Waals surface area contributed by atoms with E-state index in [2.05, 4.69) is 15.2 Å². The molecule has 0 unspecified atom stereocenters. The third-order valence-corrected chi connectivity index (χ3v) is 5.38. The van der Waals surface area contributed by atoms with Crippen LogP contribution in [0.3, 0.4) is 0 Å². The average Bonchev–Trinajstić information content (AvgIpc) is 2.91. The quantitative estimate of drug-likeness (QED) is 0.684. The Labute approximate surface area is 150 Å². The van der Waals surface area contributed by atoms with Crippen LogP contribution in [0.2, 0.25) is 5.02 Å². The molecule has 0 fully saturated rings. The van der Waals surface area contributed by atoms with Gasteiger partial charge in [-0.15, -0.1) is 0 Å². The van der Waals surface area contributed by atoms with Gasteiger partial charge in [-0.1, -0.05) is 16.8 Å². The molecule has 6 nitrogen and oxygen atoms in total. The minimum Gasteiger partial charge on any atom is -0.360 e. The molecular weight excluding hydrogens is 362 g/mol. The van der Waals surface area contributed by atoms with Crippen molar-refractivity contribution in [1.29, 1.82) is 0 Å². The van der Waals surface area contributed by atoms with Crippen molar-refractivity contribution >= 4 is 38.7 Å². The Morgan fingerprint density at radius 1 is 0.920 bits per heavy atom. The van der Waals surface area contributed by atoms with Crippen LogP contribution in [0.1, 0.15) is 11.5 Å². The van der Waals surface area contributed by atoms with Crippen molar-refractivity contribution in [2.45, 2.75) is 18.7 Å². The van der Waals surface area contributed by atoms with Crippen molar-refractivity contribution < 1.29 is 12.9 Å². The normalized spacial score (nSPS) is 11.3. The molecular formula is C17H16ClN3O3S. The van der Waals surface area contributed by atoms with E-state index in [1.165, 1.54) is 0 Å². The molecule has 1 aromatic heterocycles. The number of nitrogens with zero attached hydrogens (tertiary/aromatic N) is 1. The number of aryl methyl sites for hydroxylation is 2. The van der Waals surface area contributed by atoms with E-state index in [-0.39, 0.29) is 10.7 Å². The van der Waals surface area contributed by atoms with Gasteiger partial charge in [-0.05, 0) is 62.4 Å². The van der Waals surface area contributed by atoms with Gasteiger partial charge in [0.2, 0.25) is 0 Å². The molecule has 130 valence electrons. The van der Waals surface area contributed by atoms with Gasteiger partial charge >= 0.3 is 0 Å². The fourth-order valence-corrected chi connectivity index (χ4v) is 3.90. The summed E-state index contributed by atoms with van der Waals surface area (Å²) in [6.07, 6.45) is 0. The minimum absolute atomic E-state index is 0.0656. The van der Waals surface area contributed by atoms with E-state index < -0.39 is 10.0 Å². The zero-order valence-corrected chi connectivity index (χ0v) is 15.1. The van der Waals surface area contributed by atoms with Gasteiger partial charge in [-0.3, -0.25) is 4.72 Å². The molecule has 25 heavy (non-hydrogen) atoms. The standard InChI is InChI=1S/C17H16ClN3O3S/c1-11-17(12(2)24-20-11)25(22,23)21-16-9-7-15(8-10-16)19-14-5-3-13(18)4-6-14/h3-10,19,21H,1-2H3. The summed E-state index contributed by atoms with van der Waals surface area (Å²) in [6.45, 7) is 3.15. The maximum Gasteiger partial charge on any atom is 0.267 e. The van der Waals surface area contributed by atoms with Crippen LogP contribution in [0.25, 0.3) is 0 Å². The van der Waals surface area contributed by atoms with E-state index in [9.17, 15) is 8.42 Å². The summed E-state index contributed by atoms with van der Waals surface area (Å²) in [5.41, 5.74) is 2.48. The molecule has 0 bridgehead atoms. The Balaban J connectivity index is 1.75. The van der Waals surface area contributed by atoms with E-state index in [4.69, 9.17) is 16.1 Å². The second-order valence-corrected chi connectivity index (χ2v) is 7.52. The lowest BCUT2D eigenvalue weighted by molar-refractivity contribution is 0.390. The molecule has 0 saturated heterocycles. The van der Waals surface area contributed by atoms with Gasteiger partial charge in [-0.25, -0.2) is 8.42 Å². The smallest absolute Gasteiger partial charge is 0.267 e. The molecule has 3 aromatic rings. The first-order valence-electron chi connectivity index (χ1n) is 7.43. The highest BCUT2D eigenvalue weighted by atomic mass is 35.5. The number of nitrogens with one attached hydrogen (secondary N) is 2. The monoisotopic (exact) mass is 377 g/mol. The summed E-state index contributed by atoms with van der Waals surface area (Å²) in [6, 6.07) is 14.2.